The summed E-state index contributed by atoms with van der Waals surface area (Å²) in [7, 11) is 0. The number of hydrogen-bond acceptors (Lipinski definition) is 3. The lowest BCUT2D eigenvalue weighted by Crippen LogP contribution is -2.37. The van der Waals surface area contributed by atoms with Crippen LogP contribution in [0.25, 0.3) is 0 Å². The van der Waals surface area contributed by atoms with Crippen molar-refractivity contribution >= 4 is 0 Å². The van der Waals surface area contributed by atoms with Gasteiger partial charge in [-0.15, -0.1) is 0 Å². The van der Waals surface area contributed by atoms with Crippen LogP contribution in [-0.2, 0) is 6.42 Å². The maximum absolute atomic E-state index is 2.76. The maximum Gasteiger partial charge on any atom is 0.00256 e. The van der Waals surface area contributed by atoms with E-state index in [0.717, 1.165) is 17.8 Å². The van der Waals surface area contributed by atoms with E-state index < -0.39 is 0 Å². The molecule has 27 heavy (non-hydrogen) atoms. The maximum atomic E-state index is 2.76. The van der Waals surface area contributed by atoms with Crippen molar-refractivity contribution in [1.29, 1.82) is 0 Å². The highest BCUT2D eigenvalue weighted by atomic mass is 15.2. The van der Waals surface area contributed by atoms with Gasteiger partial charge in [0, 0.05) is 32.7 Å². The first-order valence-electron chi connectivity index (χ1n) is 11.5. The van der Waals surface area contributed by atoms with Crippen LogP contribution in [0.15, 0.2) is 30.3 Å². The van der Waals surface area contributed by atoms with E-state index in [-0.39, 0.29) is 0 Å². The molecule has 3 saturated heterocycles. The molecule has 3 atom stereocenters. The number of likely N-dealkylation sites (tertiary alicyclic amines) is 3. The largest absolute Gasteiger partial charge is 0.303 e. The first kappa shape index (κ1) is 19.4. The van der Waals surface area contributed by atoms with Crippen LogP contribution in [-0.4, -0.2) is 73.6 Å². The zero-order chi connectivity index (χ0) is 18.5. The van der Waals surface area contributed by atoms with Crippen LogP contribution in [0.1, 0.15) is 38.2 Å². The molecule has 0 bridgehead atoms. The molecule has 0 saturated carbocycles. The number of fused-ring (bicyclic) bond motifs is 1. The molecule has 3 heteroatoms. The van der Waals surface area contributed by atoms with Gasteiger partial charge in [0.1, 0.15) is 0 Å². The second-order valence-electron chi connectivity index (χ2n) is 9.34. The fourth-order valence-corrected chi connectivity index (χ4v) is 5.77. The lowest BCUT2D eigenvalue weighted by molar-refractivity contribution is 0.168. The first-order chi connectivity index (χ1) is 13.3. The Hall–Kier alpha value is -0.900. The number of hydrogen-bond donors (Lipinski definition) is 0. The van der Waals surface area contributed by atoms with Gasteiger partial charge in [0.25, 0.3) is 0 Å². The predicted octanol–water partition coefficient (Wildman–Crippen LogP) is 3.60. The minimum Gasteiger partial charge on any atom is -0.303 e. The monoisotopic (exact) mass is 369 g/mol. The summed E-state index contributed by atoms with van der Waals surface area (Å²) in [5, 5.41) is 0. The van der Waals surface area contributed by atoms with Crippen molar-refractivity contribution in [2.75, 3.05) is 58.9 Å². The van der Waals surface area contributed by atoms with Gasteiger partial charge in [-0.1, -0.05) is 37.3 Å². The zero-order valence-electron chi connectivity index (χ0n) is 17.4. The third-order valence-electron chi connectivity index (χ3n) is 7.25. The molecular formula is C24H39N3. The minimum atomic E-state index is 0.862. The molecule has 3 nitrogen and oxygen atoms in total. The van der Waals surface area contributed by atoms with Crippen molar-refractivity contribution in [3.8, 4) is 0 Å². The summed E-state index contributed by atoms with van der Waals surface area (Å²) in [6.07, 6.45) is 6.84. The van der Waals surface area contributed by atoms with Gasteiger partial charge in [-0.05, 0) is 81.6 Å². The topological polar surface area (TPSA) is 9.72 Å². The van der Waals surface area contributed by atoms with Crippen LogP contribution in [0.4, 0.5) is 0 Å². The summed E-state index contributed by atoms with van der Waals surface area (Å²) in [5.41, 5.74) is 1.52. The lowest BCUT2D eigenvalue weighted by atomic mass is 9.91. The van der Waals surface area contributed by atoms with E-state index in [4.69, 9.17) is 0 Å². The van der Waals surface area contributed by atoms with Crippen LogP contribution >= 0.6 is 0 Å². The van der Waals surface area contributed by atoms with Gasteiger partial charge < -0.3 is 14.7 Å². The Morgan fingerprint density at radius 1 is 0.815 bits per heavy atom. The van der Waals surface area contributed by atoms with Gasteiger partial charge in [0.2, 0.25) is 0 Å². The summed E-state index contributed by atoms with van der Waals surface area (Å²) in [6, 6.07) is 11.1. The second kappa shape index (κ2) is 9.54. The van der Waals surface area contributed by atoms with Gasteiger partial charge in [-0.25, -0.2) is 0 Å². The molecule has 3 aliphatic rings. The summed E-state index contributed by atoms with van der Waals surface area (Å²) >= 11 is 0. The Morgan fingerprint density at radius 3 is 2.19 bits per heavy atom. The van der Waals surface area contributed by atoms with Gasteiger partial charge in [0.15, 0.2) is 0 Å². The van der Waals surface area contributed by atoms with Crippen LogP contribution < -0.4 is 0 Å². The van der Waals surface area contributed by atoms with Crippen molar-refractivity contribution in [2.45, 2.75) is 39.0 Å². The molecule has 3 heterocycles. The normalized spacial score (nSPS) is 30.0. The summed E-state index contributed by atoms with van der Waals surface area (Å²) in [6.45, 7) is 14.3. The third kappa shape index (κ3) is 5.34. The van der Waals surface area contributed by atoms with Crippen molar-refractivity contribution < 1.29 is 0 Å². The van der Waals surface area contributed by atoms with Crippen LogP contribution in [0.3, 0.4) is 0 Å². The third-order valence-corrected chi connectivity index (χ3v) is 7.25. The molecule has 0 N–H and O–H groups in total. The molecule has 0 aromatic heterocycles. The quantitative estimate of drug-likeness (QED) is 0.648. The van der Waals surface area contributed by atoms with Crippen LogP contribution in [0.5, 0.6) is 0 Å². The minimum absolute atomic E-state index is 0.862. The van der Waals surface area contributed by atoms with Crippen molar-refractivity contribution in [3.63, 3.8) is 0 Å². The molecule has 0 spiro atoms. The van der Waals surface area contributed by atoms with Crippen molar-refractivity contribution in [1.82, 2.24) is 14.7 Å². The molecule has 3 aliphatic heterocycles. The molecule has 1 aromatic rings. The highest BCUT2D eigenvalue weighted by Gasteiger charge is 2.38. The number of unbranched alkanes of at least 4 members (excludes halogenated alkanes) is 1. The number of rotatable bonds is 8. The summed E-state index contributed by atoms with van der Waals surface area (Å²) in [5.74, 6) is 2.79. The molecule has 0 aliphatic carbocycles. The molecule has 1 aromatic carbocycles. The van der Waals surface area contributed by atoms with E-state index in [1.54, 1.807) is 0 Å². The molecule has 3 fully saturated rings. The number of piperidine rings is 1. The molecular weight excluding hydrogens is 330 g/mol. The second-order valence-corrected chi connectivity index (χ2v) is 9.34. The predicted molar refractivity (Wildman–Crippen MR) is 114 cm³/mol. The van der Waals surface area contributed by atoms with Crippen LogP contribution in [0.2, 0.25) is 0 Å². The SMILES string of the molecule is CCN1CC2CN(CCCCN3CCCC(Cc4ccccc4)C3)CC2C1. The van der Waals surface area contributed by atoms with E-state index in [2.05, 4.69) is 52.0 Å². The van der Waals surface area contributed by atoms with E-state index in [9.17, 15) is 0 Å². The standard InChI is InChI=1S/C24H39N3/c1-2-25-17-23-19-27(20-24(23)18-25)13-7-6-12-26-14-8-11-22(16-26)15-21-9-4-3-5-10-21/h3-5,9-10,22-24H,2,6-8,11-20H2,1H3. The average molecular weight is 370 g/mol. The number of benzene rings is 1. The number of nitrogens with zero attached hydrogens (tertiary/aromatic N) is 3. The van der Waals surface area contributed by atoms with E-state index in [1.807, 2.05) is 0 Å². The summed E-state index contributed by atoms with van der Waals surface area (Å²) < 4.78 is 0. The molecule has 4 rings (SSSR count). The van der Waals surface area contributed by atoms with Gasteiger partial charge in [0.05, 0.1) is 0 Å². The van der Waals surface area contributed by atoms with E-state index in [0.29, 0.717) is 0 Å². The highest BCUT2D eigenvalue weighted by molar-refractivity contribution is 5.15. The van der Waals surface area contributed by atoms with E-state index >= 15 is 0 Å². The van der Waals surface area contributed by atoms with Gasteiger partial charge in [-0.2, -0.15) is 0 Å². The van der Waals surface area contributed by atoms with Gasteiger partial charge >= 0.3 is 0 Å². The van der Waals surface area contributed by atoms with E-state index in [1.165, 1.54) is 96.6 Å². The van der Waals surface area contributed by atoms with Crippen molar-refractivity contribution in [3.05, 3.63) is 35.9 Å². The Kier molecular flexibility index (Phi) is 6.86. The molecule has 150 valence electrons. The summed E-state index contributed by atoms with van der Waals surface area (Å²) in [4.78, 5) is 8.15. The highest BCUT2D eigenvalue weighted by Crippen LogP contribution is 2.30. The lowest BCUT2D eigenvalue weighted by Gasteiger charge is -2.33. The van der Waals surface area contributed by atoms with Crippen LogP contribution in [0, 0.1) is 17.8 Å². The smallest absolute Gasteiger partial charge is 0.00256 e. The Balaban J connectivity index is 1.11. The fourth-order valence-electron chi connectivity index (χ4n) is 5.77. The zero-order valence-corrected chi connectivity index (χ0v) is 17.4. The molecule has 0 amide bonds. The Bertz CT molecular complexity index is 546. The van der Waals surface area contributed by atoms with Crippen molar-refractivity contribution in [2.24, 2.45) is 17.8 Å². The fraction of sp³-hybridized carbons (Fsp3) is 0.750. The van der Waals surface area contributed by atoms with Gasteiger partial charge in [-0.3, -0.25) is 0 Å². The molecule has 0 radical (unpaired) electrons. The molecule has 3 unspecified atom stereocenters. The first-order valence-corrected chi connectivity index (χ1v) is 11.5. The Labute approximate surface area is 166 Å². The average Bonchev–Trinajstić information content (AvgIpc) is 3.25. The Morgan fingerprint density at radius 2 is 1.48 bits per heavy atom.